The van der Waals surface area contributed by atoms with E-state index in [9.17, 15) is 4.79 Å². The van der Waals surface area contributed by atoms with Crippen LogP contribution in [0.25, 0.3) is 0 Å². The topological polar surface area (TPSA) is 72.9 Å². The Morgan fingerprint density at radius 3 is 2.94 bits per heavy atom. The Bertz CT molecular complexity index is 344. The lowest BCUT2D eigenvalue weighted by atomic mass is 10.2. The van der Waals surface area contributed by atoms with Gasteiger partial charge in [-0.3, -0.25) is 9.48 Å². The molecule has 5 nitrogen and oxygen atoms in total. The van der Waals surface area contributed by atoms with Gasteiger partial charge in [-0.1, -0.05) is 24.9 Å². The quantitative estimate of drug-likeness (QED) is 0.823. The van der Waals surface area contributed by atoms with Gasteiger partial charge >= 0.3 is 0 Å². The van der Waals surface area contributed by atoms with Crippen LogP contribution in [0, 0.1) is 0 Å². The van der Waals surface area contributed by atoms with Crippen molar-refractivity contribution >= 4 is 23.3 Å². The smallest absolute Gasteiger partial charge is 0.241 e. The number of carbonyl (C=O) groups excluding carboxylic acids is 1. The van der Waals surface area contributed by atoms with Crippen molar-refractivity contribution in [2.24, 2.45) is 0 Å². The van der Waals surface area contributed by atoms with E-state index in [1.807, 2.05) is 6.92 Å². The Balaban J connectivity index is 2.45. The van der Waals surface area contributed by atoms with E-state index in [4.69, 9.17) is 17.3 Å². The molecule has 1 aromatic heterocycles. The number of rotatable bonds is 5. The fourth-order valence-corrected chi connectivity index (χ4v) is 1.62. The Kier molecular flexibility index (Phi) is 4.61. The summed E-state index contributed by atoms with van der Waals surface area (Å²) in [6.45, 7) is 4.20. The van der Waals surface area contributed by atoms with Crippen LogP contribution in [0.15, 0.2) is 6.20 Å². The minimum Gasteiger partial charge on any atom is -0.381 e. The number of amides is 1. The van der Waals surface area contributed by atoms with E-state index in [2.05, 4.69) is 17.3 Å². The molecule has 0 aliphatic carbocycles. The average molecular weight is 245 g/mol. The van der Waals surface area contributed by atoms with Crippen LogP contribution >= 0.6 is 11.6 Å². The summed E-state index contributed by atoms with van der Waals surface area (Å²) in [7, 11) is 0. The van der Waals surface area contributed by atoms with Crippen LogP contribution in [0.5, 0.6) is 0 Å². The summed E-state index contributed by atoms with van der Waals surface area (Å²) in [5.74, 6) is 0.163. The van der Waals surface area contributed by atoms with Gasteiger partial charge in [-0.15, -0.1) is 0 Å². The molecule has 1 heterocycles. The normalized spacial score (nSPS) is 12.4. The molecule has 1 atom stereocenters. The highest BCUT2D eigenvalue weighted by atomic mass is 35.5. The molecule has 1 amide bonds. The summed E-state index contributed by atoms with van der Waals surface area (Å²) in [6.07, 6.45) is 3.55. The molecule has 0 radical (unpaired) electrons. The third kappa shape index (κ3) is 3.73. The van der Waals surface area contributed by atoms with Crippen molar-refractivity contribution in [1.29, 1.82) is 0 Å². The molecule has 1 rings (SSSR count). The molecule has 3 N–H and O–H groups in total. The lowest BCUT2D eigenvalue weighted by molar-refractivity contribution is -0.122. The van der Waals surface area contributed by atoms with E-state index in [1.54, 1.807) is 6.20 Å². The van der Waals surface area contributed by atoms with Crippen molar-refractivity contribution in [2.45, 2.75) is 39.3 Å². The molecule has 1 unspecified atom stereocenters. The molecule has 0 saturated carbocycles. The molecule has 90 valence electrons. The van der Waals surface area contributed by atoms with E-state index in [0.717, 1.165) is 12.8 Å². The van der Waals surface area contributed by atoms with E-state index in [0.29, 0.717) is 5.02 Å². The second-order valence-electron chi connectivity index (χ2n) is 3.82. The average Bonchev–Trinajstić information content (AvgIpc) is 2.45. The minimum absolute atomic E-state index is 0.0832. The molecule has 0 saturated heterocycles. The third-order valence-electron chi connectivity index (χ3n) is 2.18. The molecule has 0 spiro atoms. The molecule has 0 bridgehead atoms. The number of carbonyl (C=O) groups is 1. The third-order valence-corrected chi connectivity index (χ3v) is 2.47. The van der Waals surface area contributed by atoms with Crippen molar-refractivity contribution in [3.8, 4) is 0 Å². The second kappa shape index (κ2) is 5.75. The molecular formula is C10H17ClN4O. The summed E-state index contributed by atoms with van der Waals surface area (Å²) in [6, 6.07) is 0.181. The Hall–Kier alpha value is -1.23. The van der Waals surface area contributed by atoms with Crippen LogP contribution in [0.2, 0.25) is 5.02 Å². The van der Waals surface area contributed by atoms with Crippen molar-refractivity contribution < 1.29 is 4.79 Å². The highest BCUT2D eigenvalue weighted by molar-refractivity contribution is 6.32. The first-order valence-corrected chi connectivity index (χ1v) is 5.68. The number of aromatic nitrogens is 2. The van der Waals surface area contributed by atoms with Crippen molar-refractivity contribution in [3.05, 3.63) is 11.2 Å². The van der Waals surface area contributed by atoms with Crippen molar-refractivity contribution in [3.63, 3.8) is 0 Å². The molecule has 16 heavy (non-hydrogen) atoms. The first-order valence-electron chi connectivity index (χ1n) is 5.30. The standard InChI is InChI=1S/C10H17ClN4O/c1-3-4-7(2)13-9(16)6-15-5-8(11)10(12)14-15/h5,7H,3-4,6H2,1-2H3,(H2,12,14)(H,13,16). The predicted molar refractivity (Wildman–Crippen MR) is 64.2 cm³/mol. The fourth-order valence-electron chi connectivity index (χ4n) is 1.47. The fraction of sp³-hybridized carbons (Fsp3) is 0.600. The second-order valence-corrected chi connectivity index (χ2v) is 4.22. The lowest BCUT2D eigenvalue weighted by Crippen LogP contribution is -2.35. The number of hydrogen-bond donors (Lipinski definition) is 2. The van der Waals surface area contributed by atoms with Gasteiger partial charge in [0, 0.05) is 12.2 Å². The molecule has 0 fully saturated rings. The van der Waals surface area contributed by atoms with E-state index < -0.39 is 0 Å². The van der Waals surface area contributed by atoms with Crippen molar-refractivity contribution in [1.82, 2.24) is 15.1 Å². The largest absolute Gasteiger partial charge is 0.381 e. The Labute approximate surface area is 99.9 Å². The molecule has 0 aromatic carbocycles. The highest BCUT2D eigenvalue weighted by Crippen LogP contribution is 2.14. The van der Waals surface area contributed by atoms with Gasteiger partial charge in [-0.05, 0) is 13.3 Å². The Morgan fingerprint density at radius 2 is 2.44 bits per heavy atom. The summed E-state index contributed by atoms with van der Waals surface area (Å²) in [5.41, 5.74) is 5.47. The molecular weight excluding hydrogens is 228 g/mol. The SMILES string of the molecule is CCCC(C)NC(=O)Cn1cc(Cl)c(N)n1. The minimum atomic E-state index is -0.0832. The summed E-state index contributed by atoms with van der Waals surface area (Å²) in [5, 5.41) is 7.15. The van der Waals surface area contributed by atoms with Crippen LogP contribution in [0.4, 0.5) is 5.82 Å². The maximum Gasteiger partial charge on any atom is 0.241 e. The zero-order valence-electron chi connectivity index (χ0n) is 9.53. The number of nitrogens with one attached hydrogen (secondary N) is 1. The number of anilines is 1. The lowest BCUT2D eigenvalue weighted by Gasteiger charge is -2.12. The number of nitrogens with zero attached hydrogens (tertiary/aromatic N) is 2. The number of hydrogen-bond acceptors (Lipinski definition) is 3. The highest BCUT2D eigenvalue weighted by Gasteiger charge is 2.09. The summed E-state index contributed by atoms with van der Waals surface area (Å²) < 4.78 is 1.44. The van der Waals surface area contributed by atoms with Gasteiger partial charge < -0.3 is 11.1 Å². The van der Waals surface area contributed by atoms with E-state index in [1.165, 1.54) is 4.68 Å². The number of halogens is 1. The van der Waals surface area contributed by atoms with Gasteiger partial charge in [0.25, 0.3) is 0 Å². The maximum atomic E-state index is 11.6. The van der Waals surface area contributed by atoms with Gasteiger partial charge in [0.05, 0.1) is 0 Å². The van der Waals surface area contributed by atoms with Crippen LogP contribution < -0.4 is 11.1 Å². The molecule has 6 heteroatoms. The van der Waals surface area contributed by atoms with Gasteiger partial charge in [0.1, 0.15) is 11.6 Å². The van der Waals surface area contributed by atoms with Crippen LogP contribution in [0.3, 0.4) is 0 Å². The number of nitrogen functional groups attached to an aromatic ring is 1. The zero-order valence-corrected chi connectivity index (χ0v) is 10.3. The summed E-state index contributed by atoms with van der Waals surface area (Å²) >= 11 is 5.73. The van der Waals surface area contributed by atoms with E-state index >= 15 is 0 Å². The number of nitrogens with two attached hydrogens (primary N) is 1. The molecule has 1 aromatic rings. The van der Waals surface area contributed by atoms with E-state index in [-0.39, 0.29) is 24.3 Å². The molecule has 0 aliphatic rings. The van der Waals surface area contributed by atoms with Crippen LogP contribution in [-0.2, 0) is 11.3 Å². The Morgan fingerprint density at radius 1 is 1.75 bits per heavy atom. The first-order chi connectivity index (χ1) is 7.52. The molecule has 0 aliphatic heterocycles. The van der Waals surface area contributed by atoms with Gasteiger partial charge in [0.2, 0.25) is 5.91 Å². The zero-order chi connectivity index (χ0) is 12.1. The van der Waals surface area contributed by atoms with Gasteiger partial charge in [0.15, 0.2) is 5.82 Å². The van der Waals surface area contributed by atoms with Crippen LogP contribution in [-0.4, -0.2) is 21.7 Å². The maximum absolute atomic E-state index is 11.6. The predicted octanol–water partition coefficient (Wildman–Crippen LogP) is 1.42. The first kappa shape index (κ1) is 12.8. The van der Waals surface area contributed by atoms with Gasteiger partial charge in [-0.2, -0.15) is 5.10 Å². The van der Waals surface area contributed by atoms with Gasteiger partial charge in [-0.25, -0.2) is 0 Å². The summed E-state index contributed by atoms with van der Waals surface area (Å²) in [4.78, 5) is 11.6. The van der Waals surface area contributed by atoms with Crippen LogP contribution in [0.1, 0.15) is 26.7 Å². The van der Waals surface area contributed by atoms with Crippen molar-refractivity contribution in [2.75, 3.05) is 5.73 Å². The monoisotopic (exact) mass is 244 g/mol.